The highest BCUT2D eigenvalue weighted by atomic mass is 16.2. The fourth-order valence-corrected chi connectivity index (χ4v) is 3.19. The SMILES string of the molecule is Cc1ccc(C(=O)CCC(=O)Nc2ccc(N3CCN(C)CC3)nc2)cc1C. The molecule has 0 atom stereocenters. The zero-order valence-corrected chi connectivity index (χ0v) is 16.9. The monoisotopic (exact) mass is 380 g/mol. The number of anilines is 2. The number of piperazine rings is 1. The first-order chi connectivity index (χ1) is 13.4. The third kappa shape index (κ3) is 5.16. The first-order valence-corrected chi connectivity index (χ1v) is 9.72. The smallest absolute Gasteiger partial charge is 0.224 e. The van der Waals surface area contributed by atoms with Crippen molar-refractivity contribution in [3.05, 3.63) is 53.2 Å². The number of hydrogen-bond acceptors (Lipinski definition) is 5. The number of ketones is 1. The number of pyridine rings is 1. The molecular formula is C22H28N4O2. The van der Waals surface area contributed by atoms with E-state index in [0.29, 0.717) is 11.3 Å². The molecule has 2 aromatic rings. The van der Waals surface area contributed by atoms with Crippen molar-refractivity contribution in [3.8, 4) is 0 Å². The number of amides is 1. The van der Waals surface area contributed by atoms with Crippen LogP contribution in [0.1, 0.15) is 34.3 Å². The van der Waals surface area contributed by atoms with Crippen LogP contribution in [0.15, 0.2) is 36.5 Å². The van der Waals surface area contributed by atoms with Crippen molar-refractivity contribution in [2.45, 2.75) is 26.7 Å². The fourth-order valence-electron chi connectivity index (χ4n) is 3.19. The number of likely N-dealkylation sites (N-methyl/N-ethyl adjacent to an activating group) is 1. The maximum absolute atomic E-state index is 12.3. The number of carbonyl (C=O) groups is 2. The molecule has 1 aliphatic rings. The molecule has 1 fully saturated rings. The number of aromatic nitrogens is 1. The van der Waals surface area contributed by atoms with E-state index in [2.05, 4.69) is 27.1 Å². The van der Waals surface area contributed by atoms with E-state index in [1.54, 1.807) is 6.20 Å². The second kappa shape index (κ2) is 8.97. The summed E-state index contributed by atoms with van der Waals surface area (Å²) < 4.78 is 0. The number of Topliss-reactive ketones (excluding diaryl/α,β-unsaturated/α-hetero) is 1. The van der Waals surface area contributed by atoms with Gasteiger partial charge in [0.1, 0.15) is 5.82 Å². The van der Waals surface area contributed by atoms with Gasteiger partial charge >= 0.3 is 0 Å². The summed E-state index contributed by atoms with van der Waals surface area (Å²) in [4.78, 5) is 33.5. The molecule has 0 aliphatic carbocycles. The van der Waals surface area contributed by atoms with Gasteiger partial charge in [0, 0.05) is 44.6 Å². The Bertz CT molecular complexity index is 840. The lowest BCUT2D eigenvalue weighted by atomic mass is 10.0. The molecule has 0 unspecified atom stereocenters. The largest absolute Gasteiger partial charge is 0.354 e. The predicted octanol–water partition coefficient (Wildman–Crippen LogP) is 3.05. The molecule has 28 heavy (non-hydrogen) atoms. The van der Waals surface area contributed by atoms with Crippen LogP contribution in [0, 0.1) is 13.8 Å². The minimum absolute atomic E-state index is 0.0122. The Hall–Kier alpha value is -2.73. The zero-order valence-electron chi connectivity index (χ0n) is 16.9. The lowest BCUT2D eigenvalue weighted by Gasteiger charge is -2.33. The van der Waals surface area contributed by atoms with Gasteiger partial charge in [0.15, 0.2) is 5.78 Å². The number of aryl methyl sites for hydroxylation is 2. The average molecular weight is 380 g/mol. The van der Waals surface area contributed by atoms with Crippen molar-refractivity contribution < 1.29 is 9.59 Å². The fraction of sp³-hybridized carbons (Fsp3) is 0.409. The topological polar surface area (TPSA) is 65.5 Å². The van der Waals surface area contributed by atoms with Crippen molar-refractivity contribution in [2.24, 2.45) is 0 Å². The quantitative estimate of drug-likeness (QED) is 0.781. The normalized spacial score (nSPS) is 14.8. The number of rotatable bonds is 6. The second-order valence-electron chi connectivity index (χ2n) is 7.47. The summed E-state index contributed by atoms with van der Waals surface area (Å²) in [5.74, 6) is 0.740. The molecule has 6 heteroatoms. The van der Waals surface area contributed by atoms with E-state index >= 15 is 0 Å². The van der Waals surface area contributed by atoms with Gasteiger partial charge in [-0.25, -0.2) is 4.98 Å². The molecule has 6 nitrogen and oxygen atoms in total. The van der Waals surface area contributed by atoms with Gasteiger partial charge in [0.25, 0.3) is 0 Å². The summed E-state index contributed by atoms with van der Waals surface area (Å²) in [6, 6.07) is 9.45. The lowest BCUT2D eigenvalue weighted by molar-refractivity contribution is -0.116. The number of nitrogens with one attached hydrogen (secondary N) is 1. The molecule has 1 N–H and O–H groups in total. The molecule has 148 valence electrons. The van der Waals surface area contributed by atoms with Crippen molar-refractivity contribution in [1.82, 2.24) is 9.88 Å². The van der Waals surface area contributed by atoms with Crippen LogP contribution in [0.25, 0.3) is 0 Å². The van der Waals surface area contributed by atoms with Crippen LogP contribution in [0.3, 0.4) is 0 Å². The van der Waals surface area contributed by atoms with E-state index in [9.17, 15) is 9.59 Å². The van der Waals surface area contributed by atoms with E-state index in [4.69, 9.17) is 0 Å². The maximum atomic E-state index is 12.3. The van der Waals surface area contributed by atoms with Gasteiger partial charge in [-0.3, -0.25) is 9.59 Å². The molecule has 3 rings (SSSR count). The molecule has 1 aromatic heterocycles. The number of hydrogen-bond donors (Lipinski definition) is 1. The molecular weight excluding hydrogens is 352 g/mol. The van der Waals surface area contributed by atoms with E-state index in [1.165, 1.54) is 0 Å². The molecule has 0 spiro atoms. The number of carbonyl (C=O) groups excluding carboxylic acids is 2. The highest BCUT2D eigenvalue weighted by molar-refractivity contribution is 6.00. The molecule has 0 saturated carbocycles. The summed E-state index contributed by atoms with van der Waals surface area (Å²) in [5, 5.41) is 2.83. The van der Waals surface area contributed by atoms with E-state index in [1.807, 2.05) is 44.2 Å². The van der Waals surface area contributed by atoms with Crippen LogP contribution in [0.5, 0.6) is 0 Å². The Labute approximate surface area is 166 Å². The van der Waals surface area contributed by atoms with E-state index in [-0.39, 0.29) is 24.5 Å². The van der Waals surface area contributed by atoms with Crippen molar-refractivity contribution >= 4 is 23.2 Å². The van der Waals surface area contributed by atoms with Crippen LogP contribution in [0.4, 0.5) is 11.5 Å². The van der Waals surface area contributed by atoms with Crippen LogP contribution < -0.4 is 10.2 Å². The molecule has 0 radical (unpaired) electrons. The Morgan fingerprint density at radius 1 is 1.00 bits per heavy atom. The average Bonchev–Trinajstić information content (AvgIpc) is 2.69. The second-order valence-corrected chi connectivity index (χ2v) is 7.47. The van der Waals surface area contributed by atoms with Crippen LogP contribution in [0.2, 0.25) is 0 Å². The molecule has 1 saturated heterocycles. The molecule has 1 aliphatic heterocycles. The van der Waals surface area contributed by atoms with Gasteiger partial charge in [-0.05, 0) is 50.2 Å². The van der Waals surface area contributed by atoms with Crippen LogP contribution in [-0.2, 0) is 4.79 Å². The Kier molecular flexibility index (Phi) is 6.41. The maximum Gasteiger partial charge on any atom is 0.224 e. The first-order valence-electron chi connectivity index (χ1n) is 9.72. The highest BCUT2D eigenvalue weighted by Crippen LogP contribution is 2.17. The van der Waals surface area contributed by atoms with Gasteiger partial charge in [0.05, 0.1) is 11.9 Å². The summed E-state index contributed by atoms with van der Waals surface area (Å²) in [7, 11) is 2.12. The van der Waals surface area contributed by atoms with Gasteiger partial charge in [-0.15, -0.1) is 0 Å². The molecule has 1 aromatic carbocycles. The number of benzene rings is 1. The zero-order chi connectivity index (χ0) is 20.1. The van der Waals surface area contributed by atoms with Gasteiger partial charge < -0.3 is 15.1 Å². The Morgan fingerprint density at radius 2 is 1.75 bits per heavy atom. The lowest BCUT2D eigenvalue weighted by Crippen LogP contribution is -2.44. The van der Waals surface area contributed by atoms with E-state index < -0.39 is 0 Å². The van der Waals surface area contributed by atoms with Gasteiger partial charge in [-0.2, -0.15) is 0 Å². The summed E-state index contributed by atoms with van der Waals surface area (Å²) in [5.41, 5.74) is 3.55. The summed E-state index contributed by atoms with van der Waals surface area (Å²) in [6.45, 7) is 7.95. The third-order valence-electron chi connectivity index (χ3n) is 5.27. The molecule has 1 amide bonds. The standard InChI is InChI=1S/C22H28N4O2/c1-16-4-5-18(14-17(16)2)20(27)7-9-22(28)24-19-6-8-21(23-15-19)26-12-10-25(3)11-13-26/h4-6,8,14-15H,7,9-13H2,1-3H3,(H,24,28). The summed E-state index contributed by atoms with van der Waals surface area (Å²) in [6.07, 6.45) is 2.03. The van der Waals surface area contributed by atoms with Crippen molar-refractivity contribution in [1.29, 1.82) is 0 Å². The minimum atomic E-state index is -0.175. The molecule has 0 bridgehead atoms. The van der Waals surface area contributed by atoms with Crippen LogP contribution >= 0.6 is 0 Å². The van der Waals surface area contributed by atoms with Gasteiger partial charge in [0.2, 0.25) is 5.91 Å². The third-order valence-corrected chi connectivity index (χ3v) is 5.27. The first kappa shape index (κ1) is 20.0. The predicted molar refractivity (Wildman–Crippen MR) is 112 cm³/mol. The van der Waals surface area contributed by atoms with Crippen molar-refractivity contribution in [3.63, 3.8) is 0 Å². The van der Waals surface area contributed by atoms with Gasteiger partial charge in [-0.1, -0.05) is 12.1 Å². The Balaban J connectivity index is 1.49. The van der Waals surface area contributed by atoms with Crippen LogP contribution in [-0.4, -0.2) is 54.8 Å². The Morgan fingerprint density at radius 3 is 2.39 bits per heavy atom. The van der Waals surface area contributed by atoms with E-state index in [0.717, 1.165) is 43.1 Å². The summed E-state index contributed by atoms with van der Waals surface area (Å²) >= 11 is 0. The number of nitrogens with zero attached hydrogens (tertiary/aromatic N) is 3. The highest BCUT2D eigenvalue weighted by Gasteiger charge is 2.15. The molecule has 2 heterocycles. The van der Waals surface area contributed by atoms with Crippen molar-refractivity contribution in [2.75, 3.05) is 43.4 Å². The minimum Gasteiger partial charge on any atom is -0.354 e.